The molecule has 0 saturated heterocycles. The average molecular weight is 313 g/mol. The van der Waals surface area contributed by atoms with Crippen molar-refractivity contribution in [3.05, 3.63) is 27.6 Å². The lowest BCUT2D eigenvalue weighted by Gasteiger charge is -2.12. The number of aryl methyl sites for hydroxylation is 1. The lowest BCUT2D eigenvalue weighted by molar-refractivity contribution is -0.117. The number of thiophene rings is 1. The molecule has 4 nitrogen and oxygen atoms in total. The summed E-state index contributed by atoms with van der Waals surface area (Å²) in [5.41, 5.74) is -0.0955. The standard InChI is InChI=1S/C14H17ClN2O2S/c1-2-9(5-10(18)7-15)3-4-11-6-12-13(19)16-8-17-14(12)20-11/h6,8-9H,2-5,7H2,1H3,(H,16,17,19). The van der Waals surface area contributed by atoms with Crippen molar-refractivity contribution in [1.29, 1.82) is 0 Å². The van der Waals surface area contributed by atoms with Crippen LogP contribution in [0.25, 0.3) is 10.2 Å². The number of alkyl halides is 1. The highest BCUT2D eigenvalue weighted by Crippen LogP contribution is 2.24. The molecule has 0 saturated carbocycles. The third-order valence-electron chi connectivity index (χ3n) is 3.43. The summed E-state index contributed by atoms with van der Waals surface area (Å²) in [7, 11) is 0. The van der Waals surface area contributed by atoms with E-state index in [2.05, 4.69) is 16.9 Å². The van der Waals surface area contributed by atoms with Gasteiger partial charge in [0.1, 0.15) is 10.6 Å². The van der Waals surface area contributed by atoms with Crippen LogP contribution in [0, 0.1) is 5.92 Å². The van der Waals surface area contributed by atoms with E-state index in [1.807, 2.05) is 6.07 Å². The Labute approximate surface area is 126 Å². The van der Waals surface area contributed by atoms with Crippen LogP contribution in [0.3, 0.4) is 0 Å². The minimum Gasteiger partial charge on any atom is -0.313 e. The zero-order valence-corrected chi connectivity index (χ0v) is 12.9. The van der Waals surface area contributed by atoms with Crippen LogP contribution in [0.1, 0.15) is 31.1 Å². The van der Waals surface area contributed by atoms with Crippen LogP contribution in [0.4, 0.5) is 0 Å². The SMILES string of the molecule is CCC(CCc1cc2c(=O)[nH]cnc2s1)CC(=O)CCl. The minimum atomic E-state index is -0.0955. The fourth-order valence-electron chi connectivity index (χ4n) is 2.21. The summed E-state index contributed by atoms with van der Waals surface area (Å²) in [6.07, 6.45) is 4.74. The van der Waals surface area contributed by atoms with Crippen molar-refractivity contribution in [2.75, 3.05) is 5.88 Å². The van der Waals surface area contributed by atoms with Crippen LogP contribution in [-0.4, -0.2) is 21.6 Å². The van der Waals surface area contributed by atoms with Crippen LogP contribution in [0.15, 0.2) is 17.2 Å². The van der Waals surface area contributed by atoms with E-state index in [0.717, 1.165) is 29.0 Å². The molecule has 6 heteroatoms. The normalized spacial score (nSPS) is 12.7. The summed E-state index contributed by atoms with van der Waals surface area (Å²) in [4.78, 5) is 31.7. The lowest BCUT2D eigenvalue weighted by atomic mass is 9.94. The number of aromatic nitrogens is 2. The number of fused-ring (bicyclic) bond motifs is 1. The molecule has 0 bridgehead atoms. The smallest absolute Gasteiger partial charge is 0.259 e. The molecule has 1 unspecified atom stereocenters. The van der Waals surface area contributed by atoms with Crippen LogP contribution in [0.2, 0.25) is 0 Å². The fraction of sp³-hybridized carbons (Fsp3) is 0.500. The van der Waals surface area contributed by atoms with Crippen LogP contribution in [0.5, 0.6) is 0 Å². The summed E-state index contributed by atoms with van der Waals surface area (Å²) < 4.78 is 0. The number of ketones is 1. The largest absolute Gasteiger partial charge is 0.313 e. The minimum absolute atomic E-state index is 0.0955. The van der Waals surface area contributed by atoms with E-state index >= 15 is 0 Å². The van der Waals surface area contributed by atoms with Crippen molar-refractivity contribution >= 4 is 38.9 Å². The Hall–Kier alpha value is -1.20. The van der Waals surface area contributed by atoms with Gasteiger partial charge >= 0.3 is 0 Å². The second kappa shape index (κ2) is 6.99. The van der Waals surface area contributed by atoms with Crippen molar-refractivity contribution < 1.29 is 4.79 Å². The topological polar surface area (TPSA) is 62.8 Å². The van der Waals surface area contributed by atoms with Crippen molar-refractivity contribution in [2.45, 2.75) is 32.6 Å². The summed E-state index contributed by atoms with van der Waals surface area (Å²) in [6, 6.07) is 1.90. The molecule has 2 aromatic heterocycles. The number of rotatable bonds is 7. The van der Waals surface area contributed by atoms with Gasteiger partial charge in [-0.25, -0.2) is 4.98 Å². The Morgan fingerprint density at radius 3 is 3.00 bits per heavy atom. The molecule has 0 aliphatic heterocycles. The van der Waals surface area contributed by atoms with Gasteiger partial charge < -0.3 is 4.98 Å². The Morgan fingerprint density at radius 2 is 2.35 bits per heavy atom. The van der Waals surface area contributed by atoms with E-state index in [-0.39, 0.29) is 17.2 Å². The predicted molar refractivity (Wildman–Crippen MR) is 82.7 cm³/mol. The molecule has 2 aromatic rings. The number of H-pyrrole nitrogens is 1. The van der Waals surface area contributed by atoms with Gasteiger partial charge in [0.25, 0.3) is 5.56 Å². The molecule has 0 amide bonds. The van der Waals surface area contributed by atoms with Gasteiger partial charge in [-0.15, -0.1) is 22.9 Å². The Morgan fingerprint density at radius 1 is 1.55 bits per heavy atom. The van der Waals surface area contributed by atoms with Crippen molar-refractivity contribution in [2.24, 2.45) is 5.92 Å². The molecule has 108 valence electrons. The first kappa shape index (κ1) is 15.2. The van der Waals surface area contributed by atoms with Gasteiger partial charge in [0.15, 0.2) is 0 Å². The third-order valence-corrected chi connectivity index (χ3v) is 4.83. The quantitative estimate of drug-likeness (QED) is 0.799. The maximum Gasteiger partial charge on any atom is 0.259 e. The summed E-state index contributed by atoms with van der Waals surface area (Å²) in [5, 5.41) is 0.650. The van der Waals surface area contributed by atoms with Gasteiger partial charge in [0, 0.05) is 11.3 Å². The number of nitrogens with one attached hydrogen (secondary N) is 1. The summed E-state index contributed by atoms with van der Waals surface area (Å²) in [6.45, 7) is 2.09. The molecule has 2 heterocycles. The molecule has 0 aliphatic carbocycles. The molecule has 0 aliphatic rings. The molecule has 1 N–H and O–H groups in total. The molecule has 1 atom stereocenters. The number of Topliss-reactive ketones (excluding diaryl/α,β-unsaturated/α-hetero) is 1. The monoisotopic (exact) mass is 312 g/mol. The molecular formula is C14H17ClN2O2S. The van der Waals surface area contributed by atoms with Gasteiger partial charge in [-0.05, 0) is 24.8 Å². The highest BCUT2D eigenvalue weighted by molar-refractivity contribution is 7.18. The van der Waals surface area contributed by atoms with E-state index in [1.54, 1.807) is 11.3 Å². The predicted octanol–water partition coefficient (Wildman–Crippen LogP) is 3.14. The molecule has 0 fully saturated rings. The first-order valence-corrected chi connectivity index (χ1v) is 8.03. The zero-order valence-electron chi connectivity index (χ0n) is 11.3. The number of carbonyl (C=O) groups is 1. The zero-order chi connectivity index (χ0) is 14.5. The van der Waals surface area contributed by atoms with Crippen LogP contribution in [-0.2, 0) is 11.2 Å². The van der Waals surface area contributed by atoms with Crippen molar-refractivity contribution in [1.82, 2.24) is 9.97 Å². The summed E-state index contributed by atoms with van der Waals surface area (Å²) in [5.74, 6) is 0.560. The van der Waals surface area contributed by atoms with Crippen molar-refractivity contribution in [3.63, 3.8) is 0 Å². The molecule has 20 heavy (non-hydrogen) atoms. The van der Waals surface area contributed by atoms with Gasteiger partial charge in [-0.2, -0.15) is 0 Å². The first-order valence-electron chi connectivity index (χ1n) is 6.67. The first-order chi connectivity index (χ1) is 9.63. The molecule has 0 spiro atoms. The number of nitrogens with zero attached hydrogens (tertiary/aromatic N) is 1. The Kier molecular flexibility index (Phi) is 5.31. The maximum atomic E-state index is 11.6. The van der Waals surface area contributed by atoms with E-state index < -0.39 is 0 Å². The molecule has 0 radical (unpaired) electrons. The highest BCUT2D eigenvalue weighted by atomic mass is 35.5. The van der Waals surface area contributed by atoms with E-state index in [1.165, 1.54) is 6.33 Å². The molecule has 0 aromatic carbocycles. The average Bonchev–Trinajstić information content (AvgIpc) is 2.87. The molecular weight excluding hydrogens is 296 g/mol. The van der Waals surface area contributed by atoms with Crippen LogP contribution >= 0.6 is 22.9 Å². The highest BCUT2D eigenvalue weighted by Gasteiger charge is 2.13. The summed E-state index contributed by atoms with van der Waals surface area (Å²) >= 11 is 7.09. The maximum absolute atomic E-state index is 11.6. The van der Waals surface area contributed by atoms with Gasteiger partial charge in [-0.3, -0.25) is 9.59 Å². The number of hydrogen-bond donors (Lipinski definition) is 1. The van der Waals surface area contributed by atoms with Crippen molar-refractivity contribution in [3.8, 4) is 0 Å². The van der Waals surface area contributed by atoms with Gasteiger partial charge in [0.05, 0.1) is 17.6 Å². The van der Waals surface area contributed by atoms with E-state index in [0.29, 0.717) is 17.7 Å². The Balaban J connectivity index is 2.03. The Bertz CT molecular complexity index is 650. The van der Waals surface area contributed by atoms with Gasteiger partial charge in [-0.1, -0.05) is 13.3 Å². The third kappa shape index (κ3) is 3.67. The van der Waals surface area contributed by atoms with Crippen LogP contribution < -0.4 is 5.56 Å². The second-order valence-electron chi connectivity index (χ2n) is 4.85. The van der Waals surface area contributed by atoms with E-state index in [9.17, 15) is 9.59 Å². The fourth-order valence-corrected chi connectivity index (χ4v) is 3.33. The number of carbonyl (C=O) groups excluding carboxylic acids is 1. The molecule has 2 rings (SSSR count). The van der Waals surface area contributed by atoms with E-state index in [4.69, 9.17) is 11.6 Å². The second-order valence-corrected chi connectivity index (χ2v) is 6.24. The lowest BCUT2D eigenvalue weighted by Crippen LogP contribution is -2.09. The number of halogens is 1. The number of aromatic amines is 1. The number of hydrogen-bond acceptors (Lipinski definition) is 4. The van der Waals surface area contributed by atoms with Gasteiger partial charge in [0.2, 0.25) is 0 Å².